The Labute approximate surface area is 201 Å². The van der Waals surface area contributed by atoms with Gasteiger partial charge in [-0.05, 0) is 70.3 Å². The monoisotopic (exact) mass is 465 g/mol. The summed E-state index contributed by atoms with van der Waals surface area (Å²) < 4.78 is 7.40. The maximum Gasteiger partial charge on any atom is 0.312 e. The molecule has 1 saturated carbocycles. The normalized spacial score (nSPS) is 18.4. The van der Waals surface area contributed by atoms with Crippen molar-refractivity contribution in [2.45, 2.75) is 77.3 Å². The number of hydrogen-bond acceptors (Lipinski definition) is 6. The molecule has 0 atom stereocenters. The molecular weight excluding hydrogens is 430 g/mol. The molecule has 2 fully saturated rings. The van der Waals surface area contributed by atoms with Crippen molar-refractivity contribution in [3.05, 3.63) is 29.6 Å². The lowest BCUT2D eigenvalue weighted by atomic mass is 9.75. The van der Waals surface area contributed by atoms with Crippen molar-refractivity contribution in [1.29, 1.82) is 5.26 Å². The standard InChI is InChI=1S/C26H35N5O3/c1-2-34-25(33)26(12-14-28-15-13-26)11-10-23-30-21-16-19(17-27)8-9-22(21)31(23)18-24(32)29-20-6-4-3-5-7-20/h8-9,16,20,28H,2-7,10-15,18H2,1H3,(H,29,32). The number of ether oxygens (including phenoxy) is 1. The molecule has 1 aliphatic carbocycles. The zero-order valence-electron chi connectivity index (χ0n) is 20.1. The number of piperidine rings is 1. The Morgan fingerprint density at radius 2 is 2.03 bits per heavy atom. The molecule has 0 spiro atoms. The summed E-state index contributed by atoms with van der Waals surface area (Å²) in [5.74, 6) is 0.617. The molecule has 2 aliphatic rings. The Hall–Kier alpha value is -2.92. The van der Waals surface area contributed by atoms with Crippen LogP contribution < -0.4 is 10.6 Å². The number of nitriles is 1. The highest BCUT2D eigenvalue weighted by molar-refractivity contribution is 5.82. The number of fused-ring (bicyclic) bond motifs is 1. The first-order valence-corrected chi connectivity index (χ1v) is 12.6. The number of nitrogens with one attached hydrogen (secondary N) is 2. The quantitative estimate of drug-likeness (QED) is 0.580. The first-order valence-electron chi connectivity index (χ1n) is 12.6. The number of nitrogens with zero attached hydrogens (tertiary/aromatic N) is 3. The first-order chi connectivity index (χ1) is 16.5. The van der Waals surface area contributed by atoms with E-state index in [9.17, 15) is 14.9 Å². The molecule has 2 heterocycles. The van der Waals surface area contributed by atoms with Crippen molar-refractivity contribution >= 4 is 22.9 Å². The zero-order valence-corrected chi connectivity index (χ0v) is 20.1. The number of rotatable bonds is 8. The predicted molar refractivity (Wildman–Crippen MR) is 129 cm³/mol. The van der Waals surface area contributed by atoms with Crippen molar-refractivity contribution in [2.24, 2.45) is 5.41 Å². The SMILES string of the molecule is CCOC(=O)C1(CCc2nc3cc(C#N)ccc3n2CC(=O)NC2CCCCC2)CCNCC1. The number of imidazole rings is 1. The smallest absolute Gasteiger partial charge is 0.312 e. The van der Waals surface area contributed by atoms with Gasteiger partial charge in [-0.15, -0.1) is 0 Å². The summed E-state index contributed by atoms with van der Waals surface area (Å²) in [4.78, 5) is 30.7. The Bertz CT molecular complexity index is 1060. The first kappa shape index (κ1) is 24.2. The van der Waals surface area contributed by atoms with E-state index in [1.54, 1.807) is 12.1 Å². The van der Waals surface area contributed by atoms with Gasteiger partial charge >= 0.3 is 5.97 Å². The van der Waals surface area contributed by atoms with Gasteiger partial charge < -0.3 is 19.9 Å². The zero-order chi connectivity index (χ0) is 24.0. The molecular formula is C26H35N5O3. The number of carbonyl (C=O) groups is 2. The number of hydrogen-bond donors (Lipinski definition) is 2. The maximum absolute atomic E-state index is 13.0. The summed E-state index contributed by atoms with van der Waals surface area (Å²) in [6, 6.07) is 7.80. The molecule has 8 nitrogen and oxygen atoms in total. The Balaban J connectivity index is 1.58. The van der Waals surface area contributed by atoms with E-state index in [0.29, 0.717) is 30.5 Å². The van der Waals surface area contributed by atoms with Gasteiger partial charge in [0, 0.05) is 12.5 Å². The van der Waals surface area contributed by atoms with Crippen LogP contribution in [0.2, 0.25) is 0 Å². The molecule has 0 unspecified atom stereocenters. The van der Waals surface area contributed by atoms with Gasteiger partial charge in [0.05, 0.1) is 34.7 Å². The van der Waals surface area contributed by atoms with Crippen LogP contribution in [0.3, 0.4) is 0 Å². The summed E-state index contributed by atoms with van der Waals surface area (Å²) in [6.45, 7) is 3.95. The molecule has 1 aromatic heterocycles. The highest BCUT2D eigenvalue weighted by Crippen LogP contribution is 2.36. The maximum atomic E-state index is 13.0. The Kier molecular flexibility index (Phi) is 7.84. The van der Waals surface area contributed by atoms with Gasteiger partial charge in [-0.25, -0.2) is 4.98 Å². The van der Waals surface area contributed by atoms with Crippen molar-refractivity contribution in [1.82, 2.24) is 20.2 Å². The third-order valence-corrected chi connectivity index (χ3v) is 7.32. The van der Waals surface area contributed by atoms with Gasteiger partial charge in [0.2, 0.25) is 5.91 Å². The van der Waals surface area contributed by atoms with Crippen LogP contribution in [0.4, 0.5) is 0 Å². The molecule has 2 aromatic rings. The lowest BCUT2D eigenvalue weighted by molar-refractivity contribution is -0.157. The van der Waals surface area contributed by atoms with Gasteiger partial charge in [0.25, 0.3) is 0 Å². The molecule has 1 amide bonds. The molecule has 8 heteroatoms. The minimum atomic E-state index is -0.535. The lowest BCUT2D eigenvalue weighted by Crippen LogP contribution is -2.43. The van der Waals surface area contributed by atoms with E-state index in [1.807, 2.05) is 17.6 Å². The average Bonchev–Trinajstić information content (AvgIpc) is 3.20. The van der Waals surface area contributed by atoms with Crippen LogP contribution in [0.5, 0.6) is 0 Å². The van der Waals surface area contributed by atoms with Crippen molar-refractivity contribution < 1.29 is 14.3 Å². The summed E-state index contributed by atoms with van der Waals surface area (Å²) >= 11 is 0. The molecule has 1 aliphatic heterocycles. The fourth-order valence-corrected chi connectivity index (χ4v) is 5.38. The number of aromatic nitrogens is 2. The third-order valence-electron chi connectivity index (χ3n) is 7.32. The topological polar surface area (TPSA) is 109 Å². The van der Waals surface area contributed by atoms with Gasteiger partial charge in [-0.2, -0.15) is 5.26 Å². The number of carbonyl (C=O) groups excluding carboxylic acids is 2. The minimum absolute atomic E-state index is 0.0150. The van der Waals surface area contributed by atoms with Gasteiger partial charge in [0.1, 0.15) is 12.4 Å². The van der Waals surface area contributed by atoms with Crippen LogP contribution in [0.1, 0.15) is 69.7 Å². The van der Waals surface area contributed by atoms with E-state index in [1.165, 1.54) is 6.42 Å². The van der Waals surface area contributed by atoms with E-state index in [4.69, 9.17) is 9.72 Å². The third kappa shape index (κ3) is 5.41. The van der Waals surface area contributed by atoms with E-state index in [0.717, 1.165) is 63.0 Å². The van der Waals surface area contributed by atoms with Crippen LogP contribution in [-0.2, 0) is 27.3 Å². The van der Waals surface area contributed by atoms with Gasteiger partial charge in [-0.3, -0.25) is 9.59 Å². The molecule has 2 N–H and O–H groups in total. The van der Waals surface area contributed by atoms with Crippen LogP contribution in [0.25, 0.3) is 11.0 Å². The van der Waals surface area contributed by atoms with Crippen molar-refractivity contribution in [3.63, 3.8) is 0 Å². The van der Waals surface area contributed by atoms with Crippen LogP contribution in [0, 0.1) is 16.7 Å². The molecule has 0 radical (unpaired) electrons. The summed E-state index contributed by atoms with van der Waals surface area (Å²) in [5, 5.41) is 15.8. The molecule has 1 aromatic carbocycles. The van der Waals surface area contributed by atoms with E-state index >= 15 is 0 Å². The van der Waals surface area contributed by atoms with Crippen LogP contribution in [-0.4, -0.2) is 47.2 Å². The lowest BCUT2D eigenvalue weighted by Gasteiger charge is -2.35. The number of amides is 1. The second-order valence-electron chi connectivity index (χ2n) is 9.58. The molecule has 4 rings (SSSR count). The van der Waals surface area contributed by atoms with Crippen LogP contribution >= 0.6 is 0 Å². The Morgan fingerprint density at radius 1 is 1.26 bits per heavy atom. The molecule has 1 saturated heterocycles. The number of benzene rings is 1. The van der Waals surface area contributed by atoms with Gasteiger partial charge in [0.15, 0.2) is 0 Å². The molecule has 34 heavy (non-hydrogen) atoms. The average molecular weight is 466 g/mol. The largest absolute Gasteiger partial charge is 0.466 e. The summed E-state index contributed by atoms with van der Waals surface area (Å²) in [5.41, 5.74) is 1.54. The van der Waals surface area contributed by atoms with E-state index in [-0.39, 0.29) is 24.5 Å². The van der Waals surface area contributed by atoms with Crippen molar-refractivity contribution in [3.8, 4) is 6.07 Å². The van der Waals surface area contributed by atoms with E-state index in [2.05, 4.69) is 16.7 Å². The fourth-order valence-electron chi connectivity index (χ4n) is 5.38. The summed E-state index contributed by atoms with van der Waals surface area (Å²) in [6.07, 6.45) is 8.26. The highest BCUT2D eigenvalue weighted by Gasteiger charge is 2.40. The number of aryl methyl sites for hydroxylation is 1. The number of esters is 1. The van der Waals surface area contributed by atoms with E-state index < -0.39 is 5.41 Å². The molecule has 0 bridgehead atoms. The predicted octanol–water partition coefficient (Wildman–Crippen LogP) is 3.22. The molecule has 182 valence electrons. The Morgan fingerprint density at radius 3 is 2.74 bits per heavy atom. The fraction of sp³-hybridized carbons (Fsp3) is 0.615. The minimum Gasteiger partial charge on any atom is -0.466 e. The summed E-state index contributed by atoms with van der Waals surface area (Å²) in [7, 11) is 0. The highest BCUT2D eigenvalue weighted by atomic mass is 16.5. The second-order valence-corrected chi connectivity index (χ2v) is 9.58. The van der Waals surface area contributed by atoms with Crippen molar-refractivity contribution in [2.75, 3.05) is 19.7 Å². The van der Waals surface area contributed by atoms with Gasteiger partial charge in [-0.1, -0.05) is 19.3 Å². The second kappa shape index (κ2) is 11.0. The van der Waals surface area contributed by atoms with Crippen LogP contribution in [0.15, 0.2) is 18.2 Å².